The molecule has 0 saturated heterocycles. The van der Waals surface area contributed by atoms with E-state index in [1.807, 2.05) is 6.92 Å². The topological polar surface area (TPSA) is 98.5 Å². The lowest BCUT2D eigenvalue weighted by molar-refractivity contribution is -0.142. The van der Waals surface area contributed by atoms with Gasteiger partial charge in [-0.2, -0.15) is 0 Å². The third-order valence-electron chi connectivity index (χ3n) is 2.59. The molecule has 2 amide bonds. The first-order valence-corrected chi connectivity index (χ1v) is 6.38. The first kappa shape index (κ1) is 15.7. The zero-order valence-corrected chi connectivity index (χ0v) is 11.3. The maximum absolute atomic E-state index is 11.7. The van der Waals surface area contributed by atoms with Crippen molar-refractivity contribution < 1.29 is 19.1 Å². The largest absolute Gasteiger partial charge is 0.464 e. The van der Waals surface area contributed by atoms with Crippen LogP contribution in [0.4, 0.5) is 0 Å². The molecule has 0 aliphatic heterocycles. The second kappa shape index (κ2) is 7.93. The summed E-state index contributed by atoms with van der Waals surface area (Å²) in [6.07, 6.45) is 1.74. The second-order valence-electron chi connectivity index (χ2n) is 4.20. The fourth-order valence-corrected chi connectivity index (χ4v) is 1.42. The molecule has 6 nitrogen and oxygen atoms in total. The van der Waals surface area contributed by atoms with Crippen LogP contribution in [0, 0.1) is 0 Å². The summed E-state index contributed by atoms with van der Waals surface area (Å²) >= 11 is 0. The molecule has 20 heavy (non-hydrogen) atoms. The number of amides is 2. The molecule has 0 aliphatic rings. The van der Waals surface area contributed by atoms with Gasteiger partial charge in [0.25, 0.3) is 5.91 Å². The quantitative estimate of drug-likeness (QED) is 0.570. The van der Waals surface area contributed by atoms with E-state index in [-0.39, 0.29) is 6.54 Å². The number of nitrogens with two attached hydrogens (primary N) is 1. The van der Waals surface area contributed by atoms with Gasteiger partial charge in [0.1, 0.15) is 6.54 Å². The van der Waals surface area contributed by atoms with E-state index in [1.54, 1.807) is 0 Å². The van der Waals surface area contributed by atoms with Gasteiger partial charge < -0.3 is 15.8 Å². The molecule has 0 atom stereocenters. The van der Waals surface area contributed by atoms with Crippen LogP contribution < -0.4 is 11.1 Å². The number of ether oxygens (including phenoxy) is 1. The van der Waals surface area contributed by atoms with Crippen LogP contribution in [0.15, 0.2) is 24.3 Å². The number of esters is 1. The van der Waals surface area contributed by atoms with Crippen LogP contribution in [0.1, 0.15) is 40.5 Å². The summed E-state index contributed by atoms with van der Waals surface area (Å²) in [6.45, 7) is 2.17. The van der Waals surface area contributed by atoms with Crippen LogP contribution in [0.3, 0.4) is 0 Å². The van der Waals surface area contributed by atoms with Crippen molar-refractivity contribution in [2.24, 2.45) is 5.73 Å². The predicted molar refractivity (Wildman–Crippen MR) is 73.2 cm³/mol. The molecule has 1 aromatic rings. The lowest BCUT2D eigenvalue weighted by atomic mass is 10.1. The summed E-state index contributed by atoms with van der Waals surface area (Å²) < 4.78 is 4.90. The van der Waals surface area contributed by atoms with Crippen molar-refractivity contribution in [3.8, 4) is 0 Å². The Hall–Kier alpha value is -2.37. The van der Waals surface area contributed by atoms with Crippen molar-refractivity contribution in [1.82, 2.24) is 5.32 Å². The molecule has 1 rings (SSSR count). The van der Waals surface area contributed by atoms with Gasteiger partial charge in [-0.1, -0.05) is 13.3 Å². The number of primary amides is 1. The summed E-state index contributed by atoms with van der Waals surface area (Å²) in [5.41, 5.74) is 5.76. The number of hydrogen-bond acceptors (Lipinski definition) is 4. The molecular formula is C14H18N2O4. The SMILES string of the molecule is CCCCOC(=O)CNC(=O)c1ccc(C(N)=O)cc1. The Morgan fingerprint density at radius 1 is 1.15 bits per heavy atom. The number of nitrogens with one attached hydrogen (secondary N) is 1. The number of unbranched alkanes of at least 4 members (excludes halogenated alkanes) is 1. The van der Waals surface area contributed by atoms with E-state index in [2.05, 4.69) is 5.32 Å². The van der Waals surface area contributed by atoms with E-state index in [4.69, 9.17) is 10.5 Å². The van der Waals surface area contributed by atoms with Crippen LogP contribution in [0.2, 0.25) is 0 Å². The summed E-state index contributed by atoms with van der Waals surface area (Å²) in [6, 6.07) is 5.85. The van der Waals surface area contributed by atoms with Gasteiger partial charge in [0, 0.05) is 11.1 Å². The predicted octanol–water partition coefficient (Wildman–Crippen LogP) is 0.859. The monoisotopic (exact) mass is 278 g/mol. The van der Waals surface area contributed by atoms with Gasteiger partial charge in [-0.3, -0.25) is 14.4 Å². The minimum absolute atomic E-state index is 0.180. The zero-order valence-electron chi connectivity index (χ0n) is 11.3. The standard InChI is InChI=1S/C14H18N2O4/c1-2-3-8-20-12(17)9-16-14(19)11-6-4-10(5-7-11)13(15)18/h4-7H,2-3,8-9H2,1H3,(H2,15,18)(H,16,19). The fraction of sp³-hybridized carbons (Fsp3) is 0.357. The van der Waals surface area contributed by atoms with Crippen molar-refractivity contribution in [2.75, 3.05) is 13.2 Å². The molecule has 108 valence electrons. The van der Waals surface area contributed by atoms with E-state index < -0.39 is 17.8 Å². The molecular weight excluding hydrogens is 260 g/mol. The van der Waals surface area contributed by atoms with Gasteiger partial charge in [-0.05, 0) is 30.7 Å². The average Bonchev–Trinajstić information content (AvgIpc) is 2.45. The van der Waals surface area contributed by atoms with E-state index in [0.717, 1.165) is 12.8 Å². The summed E-state index contributed by atoms with van der Waals surface area (Å²) in [4.78, 5) is 33.9. The van der Waals surface area contributed by atoms with Gasteiger partial charge in [-0.15, -0.1) is 0 Å². The fourth-order valence-electron chi connectivity index (χ4n) is 1.42. The number of rotatable bonds is 7. The molecule has 0 fully saturated rings. The molecule has 3 N–H and O–H groups in total. The summed E-state index contributed by atoms with van der Waals surface area (Å²) in [5.74, 6) is -1.44. The van der Waals surface area contributed by atoms with Crippen LogP contribution in [-0.2, 0) is 9.53 Å². The lowest BCUT2D eigenvalue weighted by Crippen LogP contribution is -2.30. The maximum Gasteiger partial charge on any atom is 0.325 e. The maximum atomic E-state index is 11.7. The third kappa shape index (κ3) is 5.09. The minimum Gasteiger partial charge on any atom is -0.464 e. The summed E-state index contributed by atoms with van der Waals surface area (Å²) in [7, 11) is 0. The molecule has 0 bridgehead atoms. The third-order valence-corrected chi connectivity index (χ3v) is 2.59. The molecule has 1 aromatic carbocycles. The van der Waals surface area contributed by atoms with Crippen molar-refractivity contribution in [3.63, 3.8) is 0 Å². The Morgan fingerprint density at radius 3 is 2.30 bits per heavy atom. The second-order valence-corrected chi connectivity index (χ2v) is 4.20. The Morgan fingerprint density at radius 2 is 1.75 bits per heavy atom. The average molecular weight is 278 g/mol. The Balaban J connectivity index is 2.42. The van der Waals surface area contributed by atoms with E-state index in [0.29, 0.717) is 17.7 Å². The zero-order chi connectivity index (χ0) is 15.0. The molecule has 6 heteroatoms. The van der Waals surface area contributed by atoms with Crippen molar-refractivity contribution in [1.29, 1.82) is 0 Å². The highest BCUT2D eigenvalue weighted by Gasteiger charge is 2.09. The summed E-state index contributed by atoms with van der Waals surface area (Å²) in [5, 5.41) is 2.44. The van der Waals surface area contributed by atoms with Gasteiger partial charge in [0.05, 0.1) is 6.61 Å². The molecule has 0 unspecified atom stereocenters. The van der Waals surface area contributed by atoms with E-state index in [9.17, 15) is 14.4 Å². The lowest BCUT2D eigenvalue weighted by Gasteiger charge is -2.06. The van der Waals surface area contributed by atoms with Crippen LogP contribution in [0.25, 0.3) is 0 Å². The Labute approximate surface area is 117 Å². The molecule has 0 aliphatic carbocycles. The van der Waals surface area contributed by atoms with Gasteiger partial charge in [0.15, 0.2) is 0 Å². The number of carbonyl (C=O) groups is 3. The molecule has 0 saturated carbocycles. The highest BCUT2D eigenvalue weighted by Crippen LogP contribution is 2.03. The Kier molecular flexibility index (Phi) is 6.22. The van der Waals surface area contributed by atoms with E-state index >= 15 is 0 Å². The van der Waals surface area contributed by atoms with Crippen molar-refractivity contribution in [2.45, 2.75) is 19.8 Å². The normalized spacial score (nSPS) is 9.85. The number of benzene rings is 1. The number of carbonyl (C=O) groups excluding carboxylic acids is 3. The molecule has 0 radical (unpaired) electrons. The molecule has 0 spiro atoms. The van der Waals surface area contributed by atoms with Crippen molar-refractivity contribution in [3.05, 3.63) is 35.4 Å². The van der Waals surface area contributed by atoms with Crippen LogP contribution >= 0.6 is 0 Å². The van der Waals surface area contributed by atoms with Gasteiger partial charge in [-0.25, -0.2) is 0 Å². The van der Waals surface area contributed by atoms with Gasteiger partial charge in [0.2, 0.25) is 5.91 Å². The molecule has 0 aromatic heterocycles. The van der Waals surface area contributed by atoms with Crippen LogP contribution in [-0.4, -0.2) is 30.9 Å². The minimum atomic E-state index is -0.559. The van der Waals surface area contributed by atoms with Crippen molar-refractivity contribution >= 4 is 17.8 Å². The highest BCUT2D eigenvalue weighted by molar-refractivity contribution is 5.98. The first-order valence-electron chi connectivity index (χ1n) is 6.38. The van der Waals surface area contributed by atoms with Crippen LogP contribution in [0.5, 0.6) is 0 Å². The van der Waals surface area contributed by atoms with Gasteiger partial charge >= 0.3 is 5.97 Å². The Bertz CT molecular complexity index is 482. The molecule has 0 heterocycles. The number of hydrogen-bond donors (Lipinski definition) is 2. The smallest absolute Gasteiger partial charge is 0.325 e. The highest BCUT2D eigenvalue weighted by atomic mass is 16.5. The van der Waals surface area contributed by atoms with E-state index in [1.165, 1.54) is 24.3 Å². The first-order chi connectivity index (χ1) is 9.54.